The molecule has 0 bridgehead atoms. The van der Waals surface area contributed by atoms with E-state index >= 15 is 0 Å². The Balaban J connectivity index is 2.06. The van der Waals surface area contributed by atoms with Gasteiger partial charge >= 0.3 is 0 Å². The molecule has 0 aromatic heterocycles. The summed E-state index contributed by atoms with van der Waals surface area (Å²) in [6.45, 7) is 7.29. The highest BCUT2D eigenvalue weighted by Crippen LogP contribution is 2.30. The Kier molecular flexibility index (Phi) is 5.40. The first-order valence-corrected chi connectivity index (χ1v) is 8.19. The second kappa shape index (κ2) is 7.08. The molecule has 0 fully saturated rings. The van der Waals surface area contributed by atoms with Crippen molar-refractivity contribution in [3.05, 3.63) is 29.3 Å². The summed E-state index contributed by atoms with van der Waals surface area (Å²) in [4.78, 5) is 14.0. The molecule has 1 aliphatic rings. The number of rotatable bonds is 6. The van der Waals surface area contributed by atoms with E-state index in [-0.39, 0.29) is 11.9 Å². The molecule has 3 nitrogen and oxygen atoms in total. The lowest BCUT2D eigenvalue weighted by Gasteiger charge is -2.18. The second-order valence-corrected chi connectivity index (χ2v) is 6.60. The van der Waals surface area contributed by atoms with Gasteiger partial charge in [0, 0.05) is 24.7 Å². The van der Waals surface area contributed by atoms with Gasteiger partial charge in [0.1, 0.15) is 0 Å². The van der Waals surface area contributed by atoms with E-state index in [1.54, 1.807) is 0 Å². The maximum absolute atomic E-state index is 12.1. The van der Waals surface area contributed by atoms with Crippen LogP contribution in [0.4, 0.5) is 5.69 Å². The predicted molar refractivity (Wildman–Crippen MR) is 88.5 cm³/mol. The Bertz CT molecular complexity index is 496. The van der Waals surface area contributed by atoms with E-state index in [2.05, 4.69) is 32.0 Å². The van der Waals surface area contributed by atoms with Gasteiger partial charge in [0.15, 0.2) is 0 Å². The monoisotopic (exact) mass is 288 g/mol. The smallest absolute Gasteiger partial charge is 0.226 e. The third-order valence-electron chi connectivity index (χ3n) is 4.08. The van der Waals surface area contributed by atoms with Crippen LogP contribution in [-0.2, 0) is 17.6 Å². The minimum Gasteiger partial charge on any atom is -0.327 e. The normalized spacial score (nSPS) is 15.4. The number of nitrogens with zero attached hydrogens (tertiary/aromatic N) is 1. The first-order chi connectivity index (χ1) is 10.0. The fraction of sp³-hybridized carbons (Fsp3) is 0.611. The minimum absolute atomic E-state index is 0.224. The van der Waals surface area contributed by atoms with Gasteiger partial charge in [-0.15, -0.1) is 0 Å². The number of hydrogen-bond donors (Lipinski definition) is 1. The fourth-order valence-corrected chi connectivity index (χ4v) is 3.18. The van der Waals surface area contributed by atoms with Crippen molar-refractivity contribution in [2.24, 2.45) is 11.7 Å². The number of carbonyl (C=O) groups is 1. The van der Waals surface area contributed by atoms with E-state index in [0.717, 1.165) is 37.9 Å². The Morgan fingerprint density at radius 2 is 2.14 bits per heavy atom. The van der Waals surface area contributed by atoms with Crippen molar-refractivity contribution < 1.29 is 4.79 Å². The van der Waals surface area contributed by atoms with Gasteiger partial charge in [0.05, 0.1) is 0 Å². The molecule has 116 valence electrons. The minimum atomic E-state index is 0.224. The zero-order valence-corrected chi connectivity index (χ0v) is 13.6. The van der Waals surface area contributed by atoms with Gasteiger partial charge in [-0.2, -0.15) is 0 Å². The van der Waals surface area contributed by atoms with E-state index in [0.29, 0.717) is 12.3 Å². The van der Waals surface area contributed by atoms with Crippen molar-refractivity contribution in [2.45, 2.75) is 58.9 Å². The molecule has 2 N–H and O–H groups in total. The molecule has 1 aromatic carbocycles. The lowest BCUT2D eigenvalue weighted by atomic mass is 9.96. The van der Waals surface area contributed by atoms with Crippen LogP contribution >= 0.6 is 0 Å². The van der Waals surface area contributed by atoms with Crippen LogP contribution in [0.15, 0.2) is 18.2 Å². The zero-order valence-electron chi connectivity index (χ0n) is 13.6. The molecule has 1 atom stereocenters. The lowest BCUT2D eigenvalue weighted by molar-refractivity contribution is -0.118. The van der Waals surface area contributed by atoms with Gasteiger partial charge in [-0.25, -0.2) is 0 Å². The first-order valence-electron chi connectivity index (χ1n) is 8.19. The van der Waals surface area contributed by atoms with E-state index < -0.39 is 0 Å². The van der Waals surface area contributed by atoms with Gasteiger partial charge in [0.25, 0.3) is 0 Å². The summed E-state index contributed by atoms with van der Waals surface area (Å²) < 4.78 is 0. The van der Waals surface area contributed by atoms with E-state index in [1.165, 1.54) is 11.1 Å². The quantitative estimate of drug-likeness (QED) is 0.873. The average Bonchev–Trinajstić information content (AvgIpc) is 2.80. The van der Waals surface area contributed by atoms with Crippen LogP contribution in [-0.4, -0.2) is 18.5 Å². The highest BCUT2D eigenvalue weighted by atomic mass is 16.2. The van der Waals surface area contributed by atoms with Crippen molar-refractivity contribution in [2.75, 3.05) is 11.4 Å². The number of nitrogens with two attached hydrogens (primary N) is 1. The summed E-state index contributed by atoms with van der Waals surface area (Å²) in [5.74, 6) is 0.886. The molecule has 0 radical (unpaired) electrons. The number of anilines is 1. The molecule has 0 spiro atoms. The van der Waals surface area contributed by atoms with E-state index in [1.807, 2.05) is 11.8 Å². The zero-order chi connectivity index (χ0) is 15.4. The van der Waals surface area contributed by atoms with Crippen LogP contribution in [0.2, 0.25) is 0 Å². The van der Waals surface area contributed by atoms with E-state index in [9.17, 15) is 4.79 Å². The van der Waals surface area contributed by atoms with Gasteiger partial charge in [-0.3, -0.25) is 4.79 Å². The molecular formula is C18H28N2O. The maximum atomic E-state index is 12.1. The summed E-state index contributed by atoms with van der Waals surface area (Å²) in [6.07, 6.45) is 4.50. The van der Waals surface area contributed by atoms with Crippen LogP contribution in [0.3, 0.4) is 0 Å². The summed E-state index contributed by atoms with van der Waals surface area (Å²) in [7, 11) is 0. The average molecular weight is 288 g/mol. The molecule has 0 saturated heterocycles. The van der Waals surface area contributed by atoms with Crippen LogP contribution in [0.5, 0.6) is 0 Å². The maximum Gasteiger partial charge on any atom is 0.226 e. The molecule has 1 aromatic rings. The van der Waals surface area contributed by atoms with Crippen LogP contribution < -0.4 is 10.6 Å². The summed E-state index contributed by atoms with van der Waals surface area (Å²) in [5.41, 5.74) is 9.91. The van der Waals surface area contributed by atoms with Crippen molar-refractivity contribution in [1.82, 2.24) is 0 Å². The molecule has 0 saturated carbocycles. The lowest BCUT2D eigenvalue weighted by Crippen LogP contribution is -2.28. The Morgan fingerprint density at radius 3 is 2.81 bits per heavy atom. The molecule has 21 heavy (non-hydrogen) atoms. The largest absolute Gasteiger partial charge is 0.327 e. The number of benzene rings is 1. The number of amides is 1. The van der Waals surface area contributed by atoms with Crippen molar-refractivity contribution in [1.29, 1.82) is 0 Å². The van der Waals surface area contributed by atoms with Crippen molar-refractivity contribution in [3.8, 4) is 0 Å². The van der Waals surface area contributed by atoms with Crippen LogP contribution in [0, 0.1) is 5.92 Å². The molecule has 1 heterocycles. The Hall–Kier alpha value is -1.35. The molecule has 1 unspecified atom stereocenters. The third-order valence-corrected chi connectivity index (χ3v) is 4.08. The van der Waals surface area contributed by atoms with Crippen LogP contribution in [0.25, 0.3) is 0 Å². The number of hydrogen-bond acceptors (Lipinski definition) is 2. The summed E-state index contributed by atoms with van der Waals surface area (Å²) in [5, 5.41) is 0. The molecule has 1 amide bonds. The standard InChI is InChI=1S/C18H28N2O/c1-4-5-18(21)20-9-8-15-11-14(6-7-17(15)20)12-16(19)10-13(2)3/h6-7,11,13,16H,4-5,8-10,12,19H2,1-3H3. The Labute approximate surface area is 128 Å². The number of carbonyl (C=O) groups excluding carboxylic acids is 1. The third kappa shape index (κ3) is 4.07. The first kappa shape index (κ1) is 16.0. The highest BCUT2D eigenvalue weighted by Gasteiger charge is 2.24. The molecular weight excluding hydrogens is 260 g/mol. The Morgan fingerprint density at radius 1 is 1.38 bits per heavy atom. The van der Waals surface area contributed by atoms with Gasteiger partial charge in [0.2, 0.25) is 5.91 Å². The highest BCUT2D eigenvalue weighted by molar-refractivity contribution is 5.95. The molecule has 2 rings (SSSR count). The number of fused-ring (bicyclic) bond motifs is 1. The molecule has 0 aliphatic carbocycles. The van der Waals surface area contributed by atoms with Gasteiger partial charge in [-0.1, -0.05) is 32.9 Å². The van der Waals surface area contributed by atoms with Gasteiger partial charge in [-0.05, 0) is 48.8 Å². The summed E-state index contributed by atoms with van der Waals surface area (Å²) in [6, 6.07) is 6.71. The SMILES string of the molecule is CCCC(=O)N1CCc2cc(CC(N)CC(C)C)ccc21. The van der Waals surface area contributed by atoms with Gasteiger partial charge < -0.3 is 10.6 Å². The molecule has 3 heteroatoms. The fourth-order valence-electron chi connectivity index (χ4n) is 3.18. The van der Waals surface area contributed by atoms with Crippen molar-refractivity contribution >= 4 is 11.6 Å². The topological polar surface area (TPSA) is 46.3 Å². The second-order valence-electron chi connectivity index (χ2n) is 6.60. The van der Waals surface area contributed by atoms with Crippen LogP contribution in [0.1, 0.15) is 51.2 Å². The predicted octanol–water partition coefficient (Wildman–Crippen LogP) is 3.29. The molecule has 1 aliphatic heterocycles. The van der Waals surface area contributed by atoms with Crippen molar-refractivity contribution in [3.63, 3.8) is 0 Å². The summed E-state index contributed by atoms with van der Waals surface area (Å²) >= 11 is 0. The van der Waals surface area contributed by atoms with E-state index in [4.69, 9.17) is 5.73 Å².